The molecule has 0 atom stereocenters. The predicted molar refractivity (Wildman–Crippen MR) is 148 cm³/mol. The number of allylic oxidation sites excluding steroid dienone is 4. The van der Waals surface area contributed by atoms with Crippen LogP contribution in [0.25, 0.3) is 32.9 Å². The van der Waals surface area contributed by atoms with E-state index in [1.54, 1.807) is 0 Å². The third-order valence-corrected chi connectivity index (χ3v) is 6.57. The summed E-state index contributed by atoms with van der Waals surface area (Å²) in [5.74, 6) is 0. The number of benzene rings is 4. The van der Waals surface area contributed by atoms with E-state index in [2.05, 4.69) is 54.0 Å². The number of nitrogens with zero attached hydrogens (tertiary/aromatic N) is 2. The highest BCUT2D eigenvalue weighted by atomic mass is 16.1. The van der Waals surface area contributed by atoms with Crippen LogP contribution >= 0.6 is 0 Å². The molecule has 0 saturated heterocycles. The molecule has 35 heavy (non-hydrogen) atoms. The molecule has 1 aliphatic rings. The average Bonchev–Trinajstić information content (AvgIpc) is 2.99. The standard InChI is InChI=1S/C32H24N2O/c1-23-12-4-3-11-21-33(24-13-5-2-6-14-24)30-20-19-25(22-29(23)30)34-31-18-10-9-16-27(31)26-15-7-8-17-28(26)32(34)35/h2-20,22H,1,21H2/b11-3-,12-4-. The molecule has 0 bridgehead atoms. The minimum atomic E-state index is -0.0231. The maximum atomic E-state index is 13.8. The molecule has 0 spiro atoms. The highest BCUT2D eigenvalue weighted by Crippen LogP contribution is 2.35. The van der Waals surface area contributed by atoms with Crippen molar-refractivity contribution in [3.8, 4) is 5.69 Å². The van der Waals surface area contributed by atoms with Crippen molar-refractivity contribution in [3.63, 3.8) is 0 Å². The Kier molecular flexibility index (Phi) is 5.16. The Labute approximate surface area is 204 Å². The van der Waals surface area contributed by atoms with Crippen molar-refractivity contribution in [2.24, 2.45) is 0 Å². The molecular formula is C32H24N2O. The van der Waals surface area contributed by atoms with Crippen LogP contribution in [-0.4, -0.2) is 11.1 Å². The van der Waals surface area contributed by atoms with Crippen molar-refractivity contribution in [1.82, 2.24) is 4.57 Å². The lowest BCUT2D eigenvalue weighted by Gasteiger charge is -2.27. The smallest absolute Gasteiger partial charge is 0.263 e. The third kappa shape index (κ3) is 3.58. The van der Waals surface area contributed by atoms with E-state index >= 15 is 0 Å². The van der Waals surface area contributed by atoms with E-state index in [9.17, 15) is 4.79 Å². The average molecular weight is 453 g/mol. The van der Waals surface area contributed by atoms with Crippen LogP contribution in [0.15, 0.2) is 133 Å². The zero-order chi connectivity index (χ0) is 23.8. The van der Waals surface area contributed by atoms with Gasteiger partial charge in [-0.05, 0) is 53.4 Å². The topological polar surface area (TPSA) is 25.2 Å². The van der Waals surface area contributed by atoms with E-state index < -0.39 is 0 Å². The van der Waals surface area contributed by atoms with Gasteiger partial charge in [-0.3, -0.25) is 9.36 Å². The van der Waals surface area contributed by atoms with Crippen molar-refractivity contribution in [1.29, 1.82) is 0 Å². The van der Waals surface area contributed by atoms with Crippen LogP contribution in [0, 0.1) is 0 Å². The summed E-state index contributed by atoms with van der Waals surface area (Å²) >= 11 is 0. The van der Waals surface area contributed by atoms with Gasteiger partial charge in [0, 0.05) is 34.3 Å². The van der Waals surface area contributed by atoms with Crippen molar-refractivity contribution in [2.45, 2.75) is 0 Å². The maximum Gasteiger partial charge on any atom is 0.263 e. The second-order valence-corrected chi connectivity index (χ2v) is 8.66. The second-order valence-electron chi connectivity index (χ2n) is 8.66. The Balaban J connectivity index is 1.63. The first kappa shape index (κ1) is 20.9. The zero-order valence-electron chi connectivity index (χ0n) is 19.3. The number of hydrogen-bond donors (Lipinski definition) is 0. The molecule has 0 amide bonds. The number of aromatic nitrogens is 1. The quantitative estimate of drug-likeness (QED) is 0.260. The summed E-state index contributed by atoms with van der Waals surface area (Å²) in [6.45, 7) is 5.09. The van der Waals surface area contributed by atoms with Gasteiger partial charge < -0.3 is 4.90 Å². The molecule has 4 aromatic carbocycles. The largest absolute Gasteiger partial charge is 0.337 e. The number of pyridine rings is 1. The Morgan fingerprint density at radius 1 is 0.686 bits per heavy atom. The number of hydrogen-bond acceptors (Lipinski definition) is 2. The first-order valence-electron chi connectivity index (χ1n) is 11.7. The summed E-state index contributed by atoms with van der Waals surface area (Å²) < 4.78 is 1.83. The molecule has 1 aliphatic heterocycles. The van der Waals surface area contributed by atoms with Gasteiger partial charge in [0.1, 0.15) is 0 Å². The summed E-state index contributed by atoms with van der Waals surface area (Å²) in [6, 6.07) is 32.5. The Hall–Kier alpha value is -4.63. The molecule has 168 valence electrons. The highest BCUT2D eigenvalue weighted by molar-refractivity contribution is 6.06. The molecule has 0 aliphatic carbocycles. The summed E-state index contributed by atoms with van der Waals surface area (Å²) in [7, 11) is 0. The summed E-state index contributed by atoms with van der Waals surface area (Å²) in [6.07, 6.45) is 8.23. The van der Waals surface area contributed by atoms with Crippen LogP contribution in [0.4, 0.5) is 11.4 Å². The molecule has 0 unspecified atom stereocenters. The first-order valence-corrected chi connectivity index (χ1v) is 11.7. The first-order chi connectivity index (χ1) is 17.2. The second kappa shape index (κ2) is 8.62. The zero-order valence-corrected chi connectivity index (χ0v) is 19.3. The van der Waals surface area contributed by atoms with Crippen molar-refractivity contribution in [3.05, 3.63) is 144 Å². The van der Waals surface area contributed by atoms with E-state index in [4.69, 9.17) is 0 Å². The molecular weight excluding hydrogens is 428 g/mol. The van der Waals surface area contributed by atoms with Gasteiger partial charge in [-0.25, -0.2) is 0 Å². The number of fused-ring (bicyclic) bond motifs is 4. The van der Waals surface area contributed by atoms with Gasteiger partial charge in [-0.2, -0.15) is 0 Å². The SMILES string of the molecule is C=C1/C=C\C=C/CN(c2ccccc2)c2ccc(-n3c(=O)c4ccccc4c4ccccc43)cc21. The van der Waals surface area contributed by atoms with Crippen LogP contribution in [0.2, 0.25) is 0 Å². The van der Waals surface area contributed by atoms with Gasteiger partial charge in [-0.15, -0.1) is 0 Å². The fourth-order valence-corrected chi connectivity index (χ4v) is 4.90. The van der Waals surface area contributed by atoms with Gasteiger partial charge >= 0.3 is 0 Å². The number of anilines is 2. The molecule has 0 N–H and O–H groups in total. The van der Waals surface area contributed by atoms with Gasteiger partial charge in [0.25, 0.3) is 5.56 Å². The van der Waals surface area contributed by atoms with Crippen molar-refractivity contribution in [2.75, 3.05) is 11.4 Å². The van der Waals surface area contributed by atoms with Crippen molar-refractivity contribution >= 4 is 38.6 Å². The van der Waals surface area contributed by atoms with Crippen LogP contribution in [0.3, 0.4) is 0 Å². The normalized spacial score (nSPS) is 15.3. The number of rotatable bonds is 2. The van der Waals surface area contributed by atoms with E-state index in [1.807, 2.05) is 83.4 Å². The van der Waals surface area contributed by atoms with E-state index in [-0.39, 0.29) is 5.56 Å². The molecule has 6 rings (SSSR count). The highest BCUT2D eigenvalue weighted by Gasteiger charge is 2.18. The molecule has 3 nitrogen and oxygen atoms in total. The van der Waals surface area contributed by atoms with Crippen molar-refractivity contribution < 1.29 is 0 Å². The Morgan fingerprint density at radius 3 is 2.23 bits per heavy atom. The molecule has 0 saturated carbocycles. The van der Waals surface area contributed by atoms with Crippen LogP contribution < -0.4 is 10.5 Å². The van der Waals surface area contributed by atoms with E-state index in [0.29, 0.717) is 5.39 Å². The lowest BCUT2D eigenvalue weighted by atomic mass is 10.0. The fraction of sp³-hybridized carbons (Fsp3) is 0.0312. The molecule has 0 fully saturated rings. The molecule has 3 heteroatoms. The van der Waals surface area contributed by atoms with Gasteiger partial charge in [0.15, 0.2) is 0 Å². The summed E-state index contributed by atoms with van der Waals surface area (Å²) in [5, 5.41) is 2.74. The number of para-hydroxylation sites is 2. The summed E-state index contributed by atoms with van der Waals surface area (Å²) in [5.41, 5.74) is 5.74. The van der Waals surface area contributed by atoms with Gasteiger partial charge in [0.05, 0.1) is 11.2 Å². The van der Waals surface area contributed by atoms with Crippen LogP contribution in [-0.2, 0) is 0 Å². The monoisotopic (exact) mass is 452 g/mol. The third-order valence-electron chi connectivity index (χ3n) is 6.57. The molecule has 0 radical (unpaired) electrons. The van der Waals surface area contributed by atoms with Crippen LogP contribution in [0.5, 0.6) is 0 Å². The van der Waals surface area contributed by atoms with E-state index in [1.165, 1.54) is 0 Å². The lowest BCUT2D eigenvalue weighted by molar-refractivity contribution is 1.05. The minimum Gasteiger partial charge on any atom is -0.337 e. The maximum absolute atomic E-state index is 13.8. The predicted octanol–water partition coefficient (Wildman–Crippen LogP) is 7.42. The Morgan fingerprint density at radius 2 is 1.40 bits per heavy atom. The molecule has 1 aromatic heterocycles. The lowest BCUT2D eigenvalue weighted by Crippen LogP contribution is -2.21. The Bertz CT molecular complexity index is 1710. The minimum absolute atomic E-state index is 0.0231. The van der Waals surface area contributed by atoms with Gasteiger partial charge in [0.2, 0.25) is 0 Å². The van der Waals surface area contributed by atoms with E-state index in [0.717, 1.165) is 51.0 Å². The van der Waals surface area contributed by atoms with Gasteiger partial charge in [-0.1, -0.05) is 85.5 Å². The summed E-state index contributed by atoms with van der Waals surface area (Å²) in [4.78, 5) is 16.0. The molecule has 2 heterocycles. The fourth-order valence-electron chi connectivity index (χ4n) is 4.90. The molecule has 5 aromatic rings. The van der Waals surface area contributed by atoms with Crippen LogP contribution in [0.1, 0.15) is 5.56 Å².